The first-order valence-electron chi connectivity index (χ1n) is 3.14. The van der Waals surface area contributed by atoms with Crippen molar-refractivity contribution in [3.63, 3.8) is 0 Å². The fraction of sp³-hybridized carbons (Fsp3) is 0.600. The molecule has 4 nitrogen and oxygen atoms in total. The van der Waals surface area contributed by atoms with E-state index in [1.54, 1.807) is 0 Å². The molecule has 0 aromatic heterocycles. The van der Waals surface area contributed by atoms with E-state index in [1.165, 1.54) is 5.70 Å². The van der Waals surface area contributed by atoms with E-state index in [4.69, 9.17) is 0 Å². The molecule has 2 rings (SSSR count). The molecule has 0 atom stereocenters. The van der Waals surface area contributed by atoms with E-state index < -0.39 is 0 Å². The van der Waals surface area contributed by atoms with Gasteiger partial charge in [0.05, 0.1) is 5.70 Å². The Hall–Kier alpha value is -0.740. The SMILES string of the molecule is C1=C(C2CNC2)NNN1. The Morgan fingerprint density at radius 2 is 2.33 bits per heavy atom. The van der Waals surface area contributed by atoms with Gasteiger partial charge in [0.15, 0.2) is 0 Å². The highest BCUT2D eigenvalue weighted by molar-refractivity contribution is 5.09. The van der Waals surface area contributed by atoms with Gasteiger partial charge in [-0.1, -0.05) is 0 Å². The Bertz CT molecular complexity index is 138. The molecule has 0 radical (unpaired) electrons. The Labute approximate surface area is 53.6 Å². The van der Waals surface area contributed by atoms with Crippen LogP contribution in [0.2, 0.25) is 0 Å². The lowest BCUT2D eigenvalue weighted by Gasteiger charge is -2.27. The number of hydrogen-bond acceptors (Lipinski definition) is 4. The van der Waals surface area contributed by atoms with Gasteiger partial charge in [-0.2, -0.15) is 5.53 Å². The standard InChI is InChI=1S/C5H10N4/c1-4(2-6-1)5-3-7-9-8-5/h3-4,6-9H,1-2H2. The summed E-state index contributed by atoms with van der Waals surface area (Å²) in [5.41, 5.74) is 9.95. The van der Waals surface area contributed by atoms with Crippen LogP contribution in [0.3, 0.4) is 0 Å². The minimum Gasteiger partial charge on any atom is -0.315 e. The van der Waals surface area contributed by atoms with E-state index in [1.807, 2.05) is 6.20 Å². The zero-order valence-corrected chi connectivity index (χ0v) is 5.07. The van der Waals surface area contributed by atoms with Gasteiger partial charge in [0, 0.05) is 25.2 Å². The maximum absolute atomic E-state index is 3.20. The largest absolute Gasteiger partial charge is 0.315 e. The van der Waals surface area contributed by atoms with Gasteiger partial charge in [0.25, 0.3) is 0 Å². The van der Waals surface area contributed by atoms with Gasteiger partial charge >= 0.3 is 0 Å². The highest BCUT2D eigenvalue weighted by Gasteiger charge is 2.22. The summed E-state index contributed by atoms with van der Waals surface area (Å²) >= 11 is 0. The molecule has 0 aromatic rings. The fourth-order valence-electron chi connectivity index (χ4n) is 0.987. The van der Waals surface area contributed by atoms with Gasteiger partial charge in [-0.05, 0) is 0 Å². The second kappa shape index (κ2) is 1.89. The van der Waals surface area contributed by atoms with Crippen LogP contribution in [0.25, 0.3) is 0 Å². The summed E-state index contributed by atoms with van der Waals surface area (Å²) in [7, 11) is 0. The second-order valence-corrected chi connectivity index (χ2v) is 2.35. The van der Waals surface area contributed by atoms with Crippen molar-refractivity contribution in [2.75, 3.05) is 13.1 Å². The first-order valence-corrected chi connectivity index (χ1v) is 3.14. The van der Waals surface area contributed by atoms with Crippen LogP contribution >= 0.6 is 0 Å². The molecule has 0 amide bonds. The molecule has 0 aromatic carbocycles. The van der Waals surface area contributed by atoms with Crippen molar-refractivity contribution in [3.8, 4) is 0 Å². The highest BCUT2D eigenvalue weighted by atomic mass is 15.6. The van der Waals surface area contributed by atoms with Crippen LogP contribution < -0.4 is 21.7 Å². The van der Waals surface area contributed by atoms with Crippen molar-refractivity contribution in [1.29, 1.82) is 0 Å². The number of hydrazine groups is 2. The van der Waals surface area contributed by atoms with Crippen LogP contribution in [0.15, 0.2) is 11.9 Å². The van der Waals surface area contributed by atoms with E-state index in [9.17, 15) is 0 Å². The average Bonchev–Trinajstić information content (AvgIpc) is 2.11. The monoisotopic (exact) mass is 126 g/mol. The molecule has 0 saturated carbocycles. The molecule has 2 aliphatic rings. The van der Waals surface area contributed by atoms with Crippen LogP contribution in [0.4, 0.5) is 0 Å². The van der Waals surface area contributed by atoms with Crippen molar-refractivity contribution >= 4 is 0 Å². The summed E-state index contributed by atoms with van der Waals surface area (Å²) in [5, 5.41) is 3.20. The van der Waals surface area contributed by atoms with Gasteiger partial charge < -0.3 is 16.2 Å². The van der Waals surface area contributed by atoms with E-state index >= 15 is 0 Å². The second-order valence-electron chi connectivity index (χ2n) is 2.35. The predicted molar refractivity (Wildman–Crippen MR) is 33.8 cm³/mol. The Morgan fingerprint density at radius 1 is 1.44 bits per heavy atom. The molecule has 0 aliphatic carbocycles. The number of nitrogens with one attached hydrogen (secondary N) is 4. The van der Waals surface area contributed by atoms with Gasteiger partial charge in [0.1, 0.15) is 0 Å². The summed E-state index contributed by atoms with van der Waals surface area (Å²) in [6.45, 7) is 2.20. The normalized spacial score (nSPS) is 26.0. The van der Waals surface area contributed by atoms with Crippen LogP contribution in [0, 0.1) is 5.92 Å². The number of hydrogen-bond donors (Lipinski definition) is 4. The predicted octanol–water partition coefficient (Wildman–Crippen LogP) is -1.34. The third kappa shape index (κ3) is 0.760. The van der Waals surface area contributed by atoms with Gasteiger partial charge in [-0.15, -0.1) is 0 Å². The lowest BCUT2D eigenvalue weighted by molar-refractivity contribution is 0.377. The van der Waals surface area contributed by atoms with E-state index in [-0.39, 0.29) is 0 Å². The molecule has 0 bridgehead atoms. The summed E-state index contributed by atoms with van der Waals surface area (Å²) in [4.78, 5) is 0. The molecule has 4 N–H and O–H groups in total. The van der Waals surface area contributed by atoms with Gasteiger partial charge in [-0.3, -0.25) is 0 Å². The molecule has 4 heteroatoms. The Morgan fingerprint density at radius 3 is 2.78 bits per heavy atom. The third-order valence-corrected chi connectivity index (χ3v) is 1.73. The summed E-state index contributed by atoms with van der Waals surface area (Å²) in [6.07, 6.45) is 1.96. The molecule has 0 spiro atoms. The fourth-order valence-corrected chi connectivity index (χ4v) is 0.987. The molecular formula is C5H10N4. The van der Waals surface area contributed by atoms with Crippen LogP contribution in [0.1, 0.15) is 0 Å². The molecular weight excluding hydrogens is 116 g/mol. The van der Waals surface area contributed by atoms with Gasteiger partial charge in [0.2, 0.25) is 0 Å². The minimum atomic E-state index is 0.687. The molecule has 1 fully saturated rings. The first kappa shape index (κ1) is 5.08. The first-order chi connectivity index (χ1) is 4.47. The van der Waals surface area contributed by atoms with E-state index in [0.717, 1.165) is 13.1 Å². The topological polar surface area (TPSA) is 48.1 Å². The molecule has 9 heavy (non-hydrogen) atoms. The molecule has 0 unspecified atom stereocenters. The maximum atomic E-state index is 3.20. The zero-order valence-electron chi connectivity index (χ0n) is 5.07. The Kier molecular flexibility index (Phi) is 1.07. The quantitative estimate of drug-likeness (QED) is 0.351. The lowest BCUT2D eigenvalue weighted by Crippen LogP contribution is -2.46. The van der Waals surface area contributed by atoms with Crippen LogP contribution in [-0.4, -0.2) is 13.1 Å². The van der Waals surface area contributed by atoms with Gasteiger partial charge in [-0.25, -0.2) is 0 Å². The maximum Gasteiger partial charge on any atom is 0.0507 e. The highest BCUT2D eigenvalue weighted by Crippen LogP contribution is 2.11. The third-order valence-electron chi connectivity index (χ3n) is 1.73. The minimum absolute atomic E-state index is 0.687. The summed E-state index contributed by atoms with van der Waals surface area (Å²) in [5.74, 6) is 0.687. The van der Waals surface area contributed by atoms with E-state index in [2.05, 4.69) is 21.7 Å². The summed E-state index contributed by atoms with van der Waals surface area (Å²) < 4.78 is 0. The van der Waals surface area contributed by atoms with Crippen molar-refractivity contribution in [2.24, 2.45) is 5.92 Å². The molecule has 1 saturated heterocycles. The average molecular weight is 126 g/mol. The number of rotatable bonds is 1. The van der Waals surface area contributed by atoms with Crippen LogP contribution in [0.5, 0.6) is 0 Å². The van der Waals surface area contributed by atoms with E-state index in [0.29, 0.717) is 5.92 Å². The Balaban J connectivity index is 1.95. The van der Waals surface area contributed by atoms with Crippen molar-refractivity contribution < 1.29 is 0 Å². The van der Waals surface area contributed by atoms with Crippen molar-refractivity contribution in [3.05, 3.63) is 11.9 Å². The lowest BCUT2D eigenvalue weighted by atomic mass is 10.0. The van der Waals surface area contributed by atoms with Crippen LogP contribution in [-0.2, 0) is 0 Å². The zero-order chi connectivity index (χ0) is 6.10. The molecule has 2 heterocycles. The summed E-state index contributed by atoms with van der Waals surface area (Å²) in [6, 6.07) is 0. The van der Waals surface area contributed by atoms with Crippen molar-refractivity contribution in [1.82, 2.24) is 21.7 Å². The molecule has 2 aliphatic heterocycles. The van der Waals surface area contributed by atoms with Crippen molar-refractivity contribution in [2.45, 2.75) is 0 Å². The smallest absolute Gasteiger partial charge is 0.0507 e. The molecule has 50 valence electrons.